The fraction of sp³-hybridized carbons (Fsp3) is 0.438. The quantitative estimate of drug-likeness (QED) is 0.769. The zero-order chi connectivity index (χ0) is 17.2. The van der Waals surface area contributed by atoms with Crippen molar-refractivity contribution >= 4 is 11.4 Å². The minimum absolute atomic E-state index is 0.112. The van der Waals surface area contributed by atoms with E-state index >= 15 is 0 Å². The van der Waals surface area contributed by atoms with Crippen LogP contribution in [-0.4, -0.2) is 25.8 Å². The summed E-state index contributed by atoms with van der Waals surface area (Å²) in [6.07, 6.45) is 12.3. The number of aromatic nitrogens is 3. The zero-order valence-electron chi connectivity index (χ0n) is 13.4. The Bertz CT molecular complexity index is 895. The Hall–Kier alpha value is -2.95. The number of aryl methyl sites for hydroxylation is 1. The van der Waals surface area contributed by atoms with E-state index in [0.717, 1.165) is 0 Å². The zero-order valence-corrected chi connectivity index (χ0v) is 13.4. The van der Waals surface area contributed by atoms with Gasteiger partial charge in [0.2, 0.25) is 5.91 Å². The topological polar surface area (TPSA) is 93.1 Å². The van der Waals surface area contributed by atoms with Gasteiger partial charge in [-0.2, -0.15) is 15.3 Å². The molecule has 1 N–H and O–H groups in total. The summed E-state index contributed by atoms with van der Waals surface area (Å²) in [5.41, 5.74) is 0.554. The lowest BCUT2D eigenvalue weighted by Crippen LogP contribution is -2.26. The van der Waals surface area contributed by atoms with Crippen LogP contribution < -0.4 is 10.9 Å². The SMILES string of the molecule is C#CCCC1(CCC(=O)NCc2cnn3ccn(C)c(=O)c23)N=N1. The molecule has 124 valence electrons. The molecule has 0 aliphatic carbocycles. The summed E-state index contributed by atoms with van der Waals surface area (Å²) in [4.78, 5) is 24.2. The highest BCUT2D eigenvalue weighted by Gasteiger charge is 2.39. The second kappa shape index (κ2) is 6.28. The molecular weight excluding hydrogens is 308 g/mol. The van der Waals surface area contributed by atoms with Crippen molar-refractivity contribution in [3.05, 3.63) is 34.5 Å². The minimum Gasteiger partial charge on any atom is -0.352 e. The molecule has 1 amide bonds. The molecule has 1 aliphatic rings. The summed E-state index contributed by atoms with van der Waals surface area (Å²) in [5, 5.41) is 15.0. The van der Waals surface area contributed by atoms with Gasteiger partial charge < -0.3 is 9.88 Å². The molecule has 8 nitrogen and oxygen atoms in total. The Balaban J connectivity index is 1.57. The van der Waals surface area contributed by atoms with Crippen LogP contribution in [0.15, 0.2) is 33.6 Å². The van der Waals surface area contributed by atoms with E-state index in [0.29, 0.717) is 36.8 Å². The lowest BCUT2D eigenvalue weighted by atomic mass is 10.0. The van der Waals surface area contributed by atoms with Gasteiger partial charge >= 0.3 is 0 Å². The molecule has 0 saturated carbocycles. The molecule has 8 heteroatoms. The van der Waals surface area contributed by atoms with Gasteiger partial charge in [-0.25, -0.2) is 4.52 Å². The van der Waals surface area contributed by atoms with Crippen LogP contribution in [0, 0.1) is 12.3 Å². The lowest BCUT2D eigenvalue weighted by Gasteiger charge is -2.09. The van der Waals surface area contributed by atoms with Crippen LogP contribution >= 0.6 is 0 Å². The smallest absolute Gasteiger partial charge is 0.276 e. The number of terminal acetylenes is 1. The van der Waals surface area contributed by atoms with Crippen molar-refractivity contribution in [1.82, 2.24) is 19.5 Å². The Morgan fingerprint density at radius 3 is 2.88 bits per heavy atom. The first kappa shape index (κ1) is 15.9. The van der Waals surface area contributed by atoms with Gasteiger partial charge in [0.05, 0.1) is 6.20 Å². The molecule has 0 unspecified atom stereocenters. The number of carbonyl (C=O) groups is 1. The van der Waals surface area contributed by atoms with Gasteiger partial charge in [0.25, 0.3) is 5.56 Å². The fourth-order valence-corrected chi connectivity index (χ4v) is 2.54. The van der Waals surface area contributed by atoms with Crippen LogP contribution in [-0.2, 0) is 18.4 Å². The van der Waals surface area contributed by atoms with Gasteiger partial charge in [0, 0.05) is 57.2 Å². The van der Waals surface area contributed by atoms with Gasteiger partial charge in [0.15, 0.2) is 5.66 Å². The number of amides is 1. The van der Waals surface area contributed by atoms with Crippen molar-refractivity contribution in [2.45, 2.75) is 37.9 Å². The van der Waals surface area contributed by atoms with Crippen LogP contribution in [0.25, 0.3) is 5.52 Å². The summed E-state index contributed by atoms with van der Waals surface area (Å²) >= 11 is 0. The number of rotatable bonds is 7. The predicted octanol–water partition coefficient (Wildman–Crippen LogP) is 1.00. The van der Waals surface area contributed by atoms with E-state index in [4.69, 9.17) is 6.42 Å². The molecule has 0 radical (unpaired) electrons. The number of nitrogens with one attached hydrogen (secondary N) is 1. The first-order valence-corrected chi connectivity index (χ1v) is 7.71. The molecule has 0 fully saturated rings. The van der Waals surface area contributed by atoms with Gasteiger partial charge in [0.1, 0.15) is 5.52 Å². The summed E-state index contributed by atoms with van der Waals surface area (Å²) in [6.45, 7) is 0.257. The van der Waals surface area contributed by atoms with Gasteiger partial charge in [-0.15, -0.1) is 12.3 Å². The number of nitrogens with zero attached hydrogens (tertiary/aromatic N) is 5. The fourth-order valence-electron chi connectivity index (χ4n) is 2.54. The molecule has 0 saturated heterocycles. The molecule has 2 aromatic rings. The van der Waals surface area contributed by atoms with Crippen molar-refractivity contribution in [2.75, 3.05) is 0 Å². The number of hydrogen-bond acceptors (Lipinski definition) is 5. The standard InChI is InChI=1S/C16H18N6O2/c1-3-4-6-16(19-20-16)7-5-13(23)17-10-12-11-18-22-9-8-21(2)15(24)14(12)22/h1,8-9,11H,4-7,10H2,2H3,(H,17,23). The molecule has 2 aromatic heterocycles. The summed E-state index contributed by atoms with van der Waals surface area (Å²) in [5.74, 6) is 2.45. The maximum absolute atomic E-state index is 12.2. The molecule has 0 atom stereocenters. The van der Waals surface area contributed by atoms with Gasteiger partial charge in [-0.1, -0.05) is 0 Å². The highest BCUT2D eigenvalue weighted by Crippen LogP contribution is 2.37. The monoisotopic (exact) mass is 326 g/mol. The predicted molar refractivity (Wildman–Crippen MR) is 87.2 cm³/mol. The minimum atomic E-state index is -0.454. The van der Waals surface area contributed by atoms with E-state index in [1.54, 1.807) is 25.6 Å². The molecule has 3 heterocycles. The van der Waals surface area contributed by atoms with Crippen molar-refractivity contribution < 1.29 is 4.79 Å². The largest absolute Gasteiger partial charge is 0.352 e. The Morgan fingerprint density at radius 1 is 1.38 bits per heavy atom. The Kier molecular flexibility index (Phi) is 4.16. The Labute approximate surface area is 138 Å². The van der Waals surface area contributed by atoms with Crippen molar-refractivity contribution in [3.8, 4) is 12.3 Å². The maximum atomic E-state index is 12.2. The van der Waals surface area contributed by atoms with Gasteiger partial charge in [-0.3, -0.25) is 9.59 Å². The van der Waals surface area contributed by atoms with Crippen molar-refractivity contribution in [2.24, 2.45) is 17.3 Å². The first-order chi connectivity index (χ1) is 11.5. The summed E-state index contributed by atoms with van der Waals surface area (Å²) in [6, 6.07) is 0. The maximum Gasteiger partial charge on any atom is 0.276 e. The van der Waals surface area contributed by atoms with Crippen molar-refractivity contribution in [1.29, 1.82) is 0 Å². The Morgan fingerprint density at radius 2 is 2.17 bits per heavy atom. The molecule has 24 heavy (non-hydrogen) atoms. The van der Waals surface area contributed by atoms with E-state index < -0.39 is 5.66 Å². The number of hydrogen-bond donors (Lipinski definition) is 1. The third-order valence-electron chi connectivity index (χ3n) is 4.11. The van der Waals surface area contributed by atoms with Crippen LogP contribution in [0.2, 0.25) is 0 Å². The number of carbonyl (C=O) groups excluding carboxylic acids is 1. The first-order valence-electron chi connectivity index (χ1n) is 7.71. The average Bonchev–Trinajstić information content (AvgIpc) is 3.23. The third-order valence-corrected chi connectivity index (χ3v) is 4.11. The second-order valence-corrected chi connectivity index (χ2v) is 5.84. The molecule has 0 bridgehead atoms. The lowest BCUT2D eigenvalue weighted by molar-refractivity contribution is -0.121. The van der Waals surface area contributed by atoms with Gasteiger partial charge in [-0.05, 0) is 0 Å². The van der Waals surface area contributed by atoms with Crippen LogP contribution in [0.4, 0.5) is 0 Å². The highest BCUT2D eigenvalue weighted by molar-refractivity contribution is 5.76. The van der Waals surface area contributed by atoms with Crippen LogP contribution in [0.5, 0.6) is 0 Å². The molecule has 0 aromatic carbocycles. The molecule has 3 rings (SSSR count). The van der Waals surface area contributed by atoms with E-state index in [-0.39, 0.29) is 18.0 Å². The summed E-state index contributed by atoms with van der Waals surface area (Å²) < 4.78 is 2.99. The normalized spacial score (nSPS) is 14.5. The van der Waals surface area contributed by atoms with Crippen LogP contribution in [0.3, 0.4) is 0 Å². The van der Waals surface area contributed by atoms with E-state index in [9.17, 15) is 9.59 Å². The average molecular weight is 326 g/mol. The molecule has 1 aliphatic heterocycles. The molecular formula is C16H18N6O2. The molecule has 0 spiro atoms. The van der Waals surface area contributed by atoms with Crippen LogP contribution in [0.1, 0.15) is 31.2 Å². The summed E-state index contributed by atoms with van der Waals surface area (Å²) in [7, 11) is 1.68. The number of fused-ring (bicyclic) bond motifs is 1. The van der Waals surface area contributed by atoms with E-state index in [1.807, 2.05) is 0 Å². The van der Waals surface area contributed by atoms with E-state index in [1.165, 1.54) is 9.08 Å². The second-order valence-electron chi connectivity index (χ2n) is 5.84. The van der Waals surface area contributed by atoms with E-state index in [2.05, 4.69) is 26.6 Å². The van der Waals surface area contributed by atoms with Crippen molar-refractivity contribution in [3.63, 3.8) is 0 Å². The third kappa shape index (κ3) is 3.20. The highest BCUT2D eigenvalue weighted by atomic mass is 16.1.